The highest BCUT2D eigenvalue weighted by molar-refractivity contribution is 6.42. The largest absolute Gasteiger partial charge is 0.330 e. The molecule has 0 spiro atoms. The molecule has 5 heteroatoms. The molecule has 0 heterocycles. The van der Waals surface area contributed by atoms with Gasteiger partial charge in [-0.2, -0.15) is 0 Å². The van der Waals surface area contributed by atoms with Crippen LogP contribution in [0.5, 0.6) is 0 Å². The smallest absolute Gasteiger partial charge is 0.159 e. The standard InChI is InChI=1S/C15H13Cl2F2N/c16-12-3-1-9(6-13(12)17)5-11(8-20)10-2-4-14(18)15(19)7-10/h1-4,6-7,11H,5,8,20H2. The van der Waals surface area contributed by atoms with Gasteiger partial charge < -0.3 is 5.73 Å². The Morgan fingerprint density at radius 3 is 2.30 bits per heavy atom. The van der Waals surface area contributed by atoms with Gasteiger partial charge in [-0.3, -0.25) is 0 Å². The van der Waals surface area contributed by atoms with Crippen LogP contribution in [-0.4, -0.2) is 6.54 Å². The van der Waals surface area contributed by atoms with Gasteiger partial charge in [0, 0.05) is 5.92 Å². The molecule has 0 saturated carbocycles. The number of benzene rings is 2. The molecule has 0 aliphatic carbocycles. The zero-order valence-corrected chi connectivity index (χ0v) is 12.1. The second-order valence-electron chi connectivity index (χ2n) is 4.56. The van der Waals surface area contributed by atoms with Crippen molar-refractivity contribution in [2.24, 2.45) is 5.73 Å². The van der Waals surface area contributed by atoms with Gasteiger partial charge in [0.05, 0.1) is 10.0 Å². The Morgan fingerprint density at radius 2 is 1.70 bits per heavy atom. The summed E-state index contributed by atoms with van der Waals surface area (Å²) in [6, 6.07) is 9.15. The number of nitrogens with two attached hydrogens (primary N) is 1. The van der Waals surface area contributed by atoms with E-state index in [1.54, 1.807) is 18.2 Å². The lowest BCUT2D eigenvalue weighted by atomic mass is 9.92. The molecule has 1 unspecified atom stereocenters. The van der Waals surface area contributed by atoms with Crippen molar-refractivity contribution in [3.63, 3.8) is 0 Å². The van der Waals surface area contributed by atoms with Gasteiger partial charge in [-0.05, 0) is 48.4 Å². The van der Waals surface area contributed by atoms with E-state index in [-0.39, 0.29) is 5.92 Å². The lowest BCUT2D eigenvalue weighted by Crippen LogP contribution is -2.15. The zero-order chi connectivity index (χ0) is 14.7. The van der Waals surface area contributed by atoms with Crippen molar-refractivity contribution in [2.45, 2.75) is 12.3 Å². The molecular weight excluding hydrogens is 303 g/mol. The first-order chi connectivity index (χ1) is 9.51. The highest BCUT2D eigenvalue weighted by Gasteiger charge is 2.14. The van der Waals surface area contributed by atoms with Crippen molar-refractivity contribution in [1.82, 2.24) is 0 Å². The highest BCUT2D eigenvalue weighted by atomic mass is 35.5. The van der Waals surface area contributed by atoms with Crippen molar-refractivity contribution in [3.8, 4) is 0 Å². The van der Waals surface area contributed by atoms with Gasteiger partial charge in [-0.25, -0.2) is 8.78 Å². The molecule has 20 heavy (non-hydrogen) atoms. The molecule has 2 rings (SSSR count). The summed E-state index contributed by atoms with van der Waals surface area (Å²) in [6.45, 7) is 0.325. The van der Waals surface area contributed by atoms with Crippen LogP contribution >= 0.6 is 23.2 Å². The first-order valence-electron chi connectivity index (χ1n) is 6.10. The molecule has 0 aliphatic heterocycles. The minimum Gasteiger partial charge on any atom is -0.330 e. The molecule has 1 nitrogen and oxygen atoms in total. The Hall–Kier alpha value is -1.16. The van der Waals surface area contributed by atoms with Crippen molar-refractivity contribution in [1.29, 1.82) is 0 Å². The average Bonchev–Trinajstić information content (AvgIpc) is 2.43. The molecule has 0 aromatic heterocycles. The zero-order valence-electron chi connectivity index (χ0n) is 10.5. The van der Waals surface area contributed by atoms with E-state index in [1.807, 2.05) is 6.07 Å². The summed E-state index contributed by atoms with van der Waals surface area (Å²) in [7, 11) is 0. The monoisotopic (exact) mass is 315 g/mol. The molecule has 0 bridgehead atoms. The number of hydrogen-bond acceptors (Lipinski definition) is 1. The molecule has 0 fully saturated rings. The summed E-state index contributed by atoms with van der Waals surface area (Å²) < 4.78 is 26.2. The van der Waals surface area contributed by atoms with Crippen molar-refractivity contribution < 1.29 is 8.78 Å². The van der Waals surface area contributed by atoms with Crippen molar-refractivity contribution >= 4 is 23.2 Å². The lowest BCUT2D eigenvalue weighted by Gasteiger charge is -2.16. The average molecular weight is 316 g/mol. The van der Waals surface area contributed by atoms with E-state index in [0.29, 0.717) is 28.6 Å². The maximum Gasteiger partial charge on any atom is 0.159 e. The minimum absolute atomic E-state index is 0.109. The van der Waals surface area contributed by atoms with Gasteiger partial charge in [0.1, 0.15) is 0 Å². The van der Waals surface area contributed by atoms with Crippen LogP contribution in [0, 0.1) is 11.6 Å². The highest BCUT2D eigenvalue weighted by Crippen LogP contribution is 2.27. The predicted octanol–water partition coefficient (Wildman–Crippen LogP) is 4.56. The molecule has 0 aliphatic rings. The number of hydrogen-bond donors (Lipinski definition) is 1. The van der Waals surface area contributed by atoms with Crippen LogP contribution in [0.1, 0.15) is 17.0 Å². The van der Waals surface area contributed by atoms with Crippen molar-refractivity contribution in [3.05, 3.63) is 69.2 Å². The Balaban J connectivity index is 2.23. The van der Waals surface area contributed by atoms with E-state index in [4.69, 9.17) is 28.9 Å². The normalized spacial score (nSPS) is 12.4. The van der Waals surface area contributed by atoms with Gasteiger partial charge in [0.15, 0.2) is 11.6 Å². The Kier molecular flexibility index (Phi) is 4.97. The maximum absolute atomic E-state index is 13.3. The fraction of sp³-hybridized carbons (Fsp3) is 0.200. The first kappa shape index (κ1) is 15.2. The van der Waals surface area contributed by atoms with Gasteiger partial charge in [0.25, 0.3) is 0 Å². The molecule has 0 saturated heterocycles. The number of rotatable bonds is 4. The van der Waals surface area contributed by atoms with Gasteiger partial charge in [-0.15, -0.1) is 0 Å². The van der Waals surface area contributed by atoms with E-state index in [2.05, 4.69) is 0 Å². The fourth-order valence-electron chi connectivity index (χ4n) is 2.05. The summed E-state index contributed by atoms with van der Waals surface area (Å²) in [5.41, 5.74) is 7.34. The Morgan fingerprint density at radius 1 is 0.950 bits per heavy atom. The third-order valence-corrected chi connectivity index (χ3v) is 3.90. The molecule has 1 atom stereocenters. The fourth-order valence-corrected chi connectivity index (χ4v) is 2.38. The minimum atomic E-state index is -0.866. The second-order valence-corrected chi connectivity index (χ2v) is 5.37. The summed E-state index contributed by atoms with van der Waals surface area (Å²) >= 11 is 11.8. The van der Waals surface area contributed by atoms with Crippen LogP contribution in [0.3, 0.4) is 0 Å². The van der Waals surface area contributed by atoms with E-state index in [1.165, 1.54) is 6.07 Å². The summed E-state index contributed by atoms with van der Waals surface area (Å²) in [6.07, 6.45) is 0.582. The van der Waals surface area contributed by atoms with E-state index in [9.17, 15) is 8.78 Å². The molecular formula is C15H13Cl2F2N. The van der Waals surface area contributed by atoms with Crippen LogP contribution < -0.4 is 5.73 Å². The van der Waals surface area contributed by atoms with Crippen LogP contribution in [0.25, 0.3) is 0 Å². The van der Waals surface area contributed by atoms with E-state index >= 15 is 0 Å². The molecule has 2 aromatic rings. The Labute approximate surface area is 126 Å². The van der Waals surface area contributed by atoms with E-state index < -0.39 is 11.6 Å². The van der Waals surface area contributed by atoms with Crippen molar-refractivity contribution in [2.75, 3.05) is 6.54 Å². The third-order valence-electron chi connectivity index (χ3n) is 3.17. The van der Waals surface area contributed by atoms with Crippen LogP contribution in [-0.2, 0) is 6.42 Å². The summed E-state index contributed by atoms with van der Waals surface area (Å²) in [5, 5.41) is 0.942. The summed E-state index contributed by atoms with van der Waals surface area (Å²) in [5.74, 6) is -1.84. The molecule has 0 amide bonds. The third kappa shape index (κ3) is 3.48. The number of halogens is 4. The first-order valence-corrected chi connectivity index (χ1v) is 6.85. The topological polar surface area (TPSA) is 26.0 Å². The van der Waals surface area contributed by atoms with Gasteiger partial charge in [0.2, 0.25) is 0 Å². The predicted molar refractivity (Wildman–Crippen MR) is 78.3 cm³/mol. The Bertz CT molecular complexity index is 617. The van der Waals surface area contributed by atoms with Crippen LogP contribution in [0.2, 0.25) is 10.0 Å². The SMILES string of the molecule is NCC(Cc1ccc(Cl)c(Cl)c1)c1ccc(F)c(F)c1. The van der Waals surface area contributed by atoms with Gasteiger partial charge in [-0.1, -0.05) is 35.3 Å². The molecule has 2 N–H and O–H groups in total. The van der Waals surface area contributed by atoms with Crippen LogP contribution in [0.4, 0.5) is 8.78 Å². The molecule has 106 valence electrons. The lowest BCUT2D eigenvalue weighted by molar-refractivity contribution is 0.505. The maximum atomic E-state index is 13.3. The molecule has 2 aromatic carbocycles. The molecule has 0 radical (unpaired) electrons. The quantitative estimate of drug-likeness (QED) is 0.879. The summed E-state index contributed by atoms with van der Waals surface area (Å²) in [4.78, 5) is 0. The van der Waals surface area contributed by atoms with Gasteiger partial charge >= 0.3 is 0 Å². The second kappa shape index (κ2) is 6.53. The van der Waals surface area contributed by atoms with E-state index in [0.717, 1.165) is 11.6 Å². The van der Waals surface area contributed by atoms with Crippen LogP contribution in [0.15, 0.2) is 36.4 Å².